The van der Waals surface area contributed by atoms with Crippen LogP contribution in [-0.4, -0.2) is 29.6 Å². The van der Waals surface area contributed by atoms with E-state index in [9.17, 15) is 0 Å². The molecule has 0 spiro atoms. The van der Waals surface area contributed by atoms with Crippen LogP contribution in [0.15, 0.2) is 0 Å². The summed E-state index contributed by atoms with van der Waals surface area (Å²) in [5, 5.41) is 0. The highest BCUT2D eigenvalue weighted by Gasteiger charge is 2.47. The summed E-state index contributed by atoms with van der Waals surface area (Å²) in [7, 11) is 0. The van der Waals surface area contributed by atoms with Crippen molar-refractivity contribution in [3.8, 4) is 0 Å². The Kier molecular flexibility index (Phi) is 5.48. The minimum Gasteiger partial charge on any atom is -0.329 e. The highest BCUT2D eigenvalue weighted by Crippen LogP contribution is 2.47. The van der Waals surface area contributed by atoms with Gasteiger partial charge in [-0.15, -0.1) is 0 Å². The molecule has 0 aromatic carbocycles. The molecule has 0 amide bonds. The number of hydrogen-bond donors (Lipinski definition) is 1. The van der Waals surface area contributed by atoms with Crippen molar-refractivity contribution in [1.82, 2.24) is 4.90 Å². The largest absolute Gasteiger partial charge is 0.329 e. The Morgan fingerprint density at radius 3 is 2.11 bits per heavy atom. The molecule has 1 aliphatic carbocycles. The van der Waals surface area contributed by atoms with Crippen LogP contribution in [-0.2, 0) is 0 Å². The molecule has 2 N–H and O–H groups in total. The molecule has 0 aliphatic heterocycles. The highest BCUT2D eigenvalue weighted by molar-refractivity contribution is 5.03. The summed E-state index contributed by atoms with van der Waals surface area (Å²) < 4.78 is 0. The molecule has 0 heterocycles. The van der Waals surface area contributed by atoms with Crippen LogP contribution in [0.3, 0.4) is 0 Å². The Morgan fingerprint density at radius 1 is 1.16 bits per heavy atom. The van der Waals surface area contributed by atoms with Gasteiger partial charge in [0.25, 0.3) is 0 Å². The summed E-state index contributed by atoms with van der Waals surface area (Å²) in [6.07, 6.45) is 3.85. The minimum atomic E-state index is 0.216. The van der Waals surface area contributed by atoms with Gasteiger partial charge in [-0.25, -0.2) is 0 Å². The molecule has 114 valence electrons. The number of rotatable bonds is 5. The van der Waals surface area contributed by atoms with Gasteiger partial charge < -0.3 is 5.73 Å². The lowest BCUT2D eigenvalue weighted by Gasteiger charge is -2.55. The Balaban J connectivity index is 3.00. The van der Waals surface area contributed by atoms with E-state index in [0.717, 1.165) is 6.54 Å². The molecular formula is C17H36N2. The van der Waals surface area contributed by atoms with Crippen molar-refractivity contribution in [2.24, 2.45) is 23.0 Å². The van der Waals surface area contributed by atoms with Crippen molar-refractivity contribution in [2.75, 3.05) is 13.1 Å². The number of hydrogen-bond acceptors (Lipinski definition) is 2. The third kappa shape index (κ3) is 3.72. The first kappa shape index (κ1) is 17.0. The molecule has 0 aromatic rings. The van der Waals surface area contributed by atoms with Crippen LogP contribution < -0.4 is 5.73 Å². The summed E-state index contributed by atoms with van der Waals surface area (Å²) in [6, 6.07) is 0.578. The van der Waals surface area contributed by atoms with Crippen LogP contribution in [0.4, 0.5) is 0 Å². The molecule has 0 bridgehead atoms. The van der Waals surface area contributed by atoms with Crippen LogP contribution in [0.2, 0.25) is 0 Å². The molecule has 0 radical (unpaired) electrons. The zero-order valence-corrected chi connectivity index (χ0v) is 14.3. The summed E-state index contributed by atoms with van der Waals surface area (Å²) in [6.45, 7) is 18.5. The van der Waals surface area contributed by atoms with Crippen molar-refractivity contribution >= 4 is 0 Å². The molecule has 1 saturated carbocycles. The van der Waals surface area contributed by atoms with Gasteiger partial charge in [-0.3, -0.25) is 4.90 Å². The third-order valence-electron chi connectivity index (χ3n) is 5.12. The van der Waals surface area contributed by atoms with E-state index in [-0.39, 0.29) is 5.54 Å². The standard InChI is InChI=1S/C17H36N2/c1-13(2)11-19(14(3)4)17(12-18)9-8-16(6,7)10-15(17)5/h13-15H,8-12,18H2,1-7H3. The molecule has 2 nitrogen and oxygen atoms in total. The molecule has 2 unspecified atom stereocenters. The minimum absolute atomic E-state index is 0.216. The zero-order chi connectivity index (χ0) is 14.8. The van der Waals surface area contributed by atoms with Gasteiger partial charge in [0, 0.05) is 24.7 Å². The quantitative estimate of drug-likeness (QED) is 0.819. The van der Waals surface area contributed by atoms with Crippen LogP contribution >= 0.6 is 0 Å². The van der Waals surface area contributed by atoms with Gasteiger partial charge in [-0.2, -0.15) is 0 Å². The SMILES string of the molecule is CC(C)CN(C(C)C)C1(CN)CCC(C)(C)CC1C. The monoisotopic (exact) mass is 268 g/mol. The molecule has 19 heavy (non-hydrogen) atoms. The summed E-state index contributed by atoms with van der Waals surface area (Å²) >= 11 is 0. The van der Waals surface area contributed by atoms with Crippen LogP contribution in [0, 0.1) is 17.3 Å². The van der Waals surface area contributed by atoms with Crippen molar-refractivity contribution < 1.29 is 0 Å². The molecule has 1 aliphatic rings. The summed E-state index contributed by atoms with van der Waals surface area (Å²) in [4.78, 5) is 2.71. The average Bonchev–Trinajstić information content (AvgIpc) is 2.26. The normalized spacial score (nSPS) is 31.4. The second-order valence-electron chi connectivity index (χ2n) is 8.22. The lowest BCUT2D eigenvalue weighted by molar-refractivity contribution is -0.0452. The fourth-order valence-corrected chi connectivity index (χ4v) is 4.07. The molecule has 0 aromatic heterocycles. The van der Waals surface area contributed by atoms with Gasteiger partial charge in [-0.05, 0) is 50.4 Å². The van der Waals surface area contributed by atoms with E-state index in [1.165, 1.54) is 25.8 Å². The van der Waals surface area contributed by atoms with Crippen molar-refractivity contribution in [3.05, 3.63) is 0 Å². The predicted molar refractivity (Wildman–Crippen MR) is 85.3 cm³/mol. The first-order chi connectivity index (χ1) is 8.64. The second-order valence-corrected chi connectivity index (χ2v) is 8.22. The molecule has 0 saturated heterocycles. The molecule has 1 rings (SSSR count). The van der Waals surface area contributed by atoms with E-state index in [1.54, 1.807) is 0 Å². The van der Waals surface area contributed by atoms with Crippen LogP contribution in [0.25, 0.3) is 0 Å². The van der Waals surface area contributed by atoms with Gasteiger partial charge in [0.2, 0.25) is 0 Å². The molecular weight excluding hydrogens is 232 g/mol. The van der Waals surface area contributed by atoms with Crippen LogP contribution in [0.1, 0.15) is 67.7 Å². The lowest BCUT2D eigenvalue weighted by atomic mass is 9.62. The first-order valence-electron chi connectivity index (χ1n) is 8.11. The maximum Gasteiger partial charge on any atom is 0.0360 e. The van der Waals surface area contributed by atoms with E-state index in [1.807, 2.05) is 0 Å². The first-order valence-corrected chi connectivity index (χ1v) is 8.11. The maximum atomic E-state index is 6.29. The van der Waals surface area contributed by atoms with Gasteiger partial charge in [-0.1, -0.05) is 34.6 Å². The second kappa shape index (κ2) is 6.13. The summed E-state index contributed by atoms with van der Waals surface area (Å²) in [5.41, 5.74) is 6.99. The number of nitrogens with zero attached hydrogens (tertiary/aromatic N) is 1. The zero-order valence-electron chi connectivity index (χ0n) is 14.3. The topological polar surface area (TPSA) is 29.3 Å². The van der Waals surface area contributed by atoms with E-state index < -0.39 is 0 Å². The number of nitrogens with two attached hydrogens (primary N) is 1. The third-order valence-corrected chi connectivity index (χ3v) is 5.12. The Bertz CT molecular complexity index is 283. The Hall–Kier alpha value is -0.0800. The van der Waals surface area contributed by atoms with Gasteiger partial charge in [0.05, 0.1) is 0 Å². The molecule has 2 atom stereocenters. The van der Waals surface area contributed by atoms with Gasteiger partial charge in [0.1, 0.15) is 0 Å². The molecule has 1 fully saturated rings. The smallest absolute Gasteiger partial charge is 0.0360 e. The van der Waals surface area contributed by atoms with E-state index in [2.05, 4.69) is 53.4 Å². The van der Waals surface area contributed by atoms with E-state index >= 15 is 0 Å². The Morgan fingerprint density at radius 2 is 1.74 bits per heavy atom. The van der Waals surface area contributed by atoms with Crippen LogP contribution in [0.5, 0.6) is 0 Å². The van der Waals surface area contributed by atoms with Crippen molar-refractivity contribution in [1.29, 1.82) is 0 Å². The van der Waals surface area contributed by atoms with Gasteiger partial charge >= 0.3 is 0 Å². The van der Waals surface area contributed by atoms with Crippen molar-refractivity contribution in [3.63, 3.8) is 0 Å². The highest BCUT2D eigenvalue weighted by atomic mass is 15.2. The van der Waals surface area contributed by atoms with Gasteiger partial charge in [0.15, 0.2) is 0 Å². The van der Waals surface area contributed by atoms with E-state index in [4.69, 9.17) is 5.73 Å². The Labute approximate surface area is 121 Å². The average molecular weight is 268 g/mol. The van der Waals surface area contributed by atoms with Crippen molar-refractivity contribution in [2.45, 2.75) is 79.3 Å². The molecule has 2 heteroatoms. The lowest BCUT2D eigenvalue weighted by Crippen LogP contribution is -2.63. The fraction of sp³-hybridized carbons (Fsp3) is 1.00. The maximum absolute atomic E-state index is 6.29. The summed E-state index contributed by atoms with van der Waals surface area (Å²) in [5.74, 6) is 1.38. The van der Waals surface area contributed by atoms with E-state index in [0.29, 0.717) is 23.3 Å². The predicted octanol–water partition coefficient (Wildman–Crippen LogP) is 3.90. The fourth-order valence-electron chi connectivity index (χ4n) is 4.07.